The largest absolute Gasteiger partial charge is 0.493 e. The van der Waals surface area contributed by atoms with Crippen LogP contribution in [0.25, 0.3) is 11.3 Å². The fraction of sp³-hybridized carbons (Fsp3) is 0.421. The van der Waals surface area contributed by atoms with Crippen molar-refractivity contribution < 1.29 is 19.4 Å². The highest BCUT2D eigenvalue weighted by Crippen LogP contribution is 2.27. The fourth-order valence-corrected chi connectivity index (χ4v) is 2.98. The van der Waals surface area contributed by atoms with Crippen LogP contribution in [0.4, 0.5) is 5.95 Å². The van der Waals surface area contributed by atoms with Gasteiger partial charge >= 0.3 is 5.97 Å². The maximum Gasteiger partial charge on any atom is 0.339 e. The monoisotopic (exact) mass is 357 g/mol. The minimum absolute atomic E-state index is 0.115. The molecule has 7 nitrogen and oxygen atoms in total. The summed E-state index contributed by atoms with van der Waals surface area (Å²) in [6.07, 6.45) is 3.71. The minimum atomic E-state index is -1.03. The minimum Gasteiger partial charge on any atom is -0.493 e. The maximum atomic E-state index is 11.5. The molecule has 0 spiro atoms. The Morgan fingerprint density at radius 1 is 1.42 bits per heavy atom. The zero-order valence-corrected chi connectivity index (χ0v) is 15.0. The van der Waals surface area contributed by atoms with E-state index in [9.17, 15) is 9.90 Å². The van der Waals surface area contributed by atoms with Gasteiger partial charge in [0.1, 0.15) is 11.3 Å². The van der Waals surface area contributed by atoms with Crippen molar-refractivity contribution >= 4 is 11.9 Å². The molecule has 0 radical (unpaired) electrons. The molecule has 2 N–H and O–H groups in total. The zero-order chi connectivity index (χ0) is 18.6. The smallest absolute Gasteiger partial charge is 0.339 e. The molecule has 1 aliphatic heterocycles. The number of hydrogen-bond acceptors (Lipinski definition) is 6. The standard InChI is InChI=1S/C19H23N3O4/c1-3-25-16-6-5-13(11-14(16)17(23)24)15-7-9-20-18(22-15)21-12-19(2)8-4-10-26-19/h5-7,9,11H,3-4,8,10,12H2,1-2H3,(H,23,24)(H,20,21,22). The number of benzene rings is 1. The lowest BCUT2D eigenvalue weighted by atomic mass is 10.0. The molecule has 2 aromatic rings. The highest BCUT2D eigenvalue weighted by atomic mass is 16.5. The van der Waals surface area contributed by atoms with Gasteiger partial charge in [-0.15, -0.1) is 0 Å². The molecule has 1 atom stereocenters. The number of nitrogens with one attached hydrogen (secondary N) is 1. The van der Waals surface area contributed by atoms with E-state index in [-0.39, 0.29) is 11.2 Å². The summed E-state index contributed by atoms with van der Waals surface area (Å²) in [7, 11) is 0. The van der Waals surface area contributed by atoms with E-state index < -0.39 is 5.97 Å². The average molecular weight is 357 g/mol. The summed E-state index contributed by atoms with van der Waals surface area (Å²) < 4.78 is 11.1. The van der Waals surface area contributed by atoms with Crippen LogP contribution in [0.3, 0.4) is 0 Å². The van der Waals surface area contributed by atoms with E-state index in [1.165, 1.54) is 0 Å². The van der Waals surface area contributed by atoms with Gasteiger partial charge in [-0.2, -0.15) is 0 Å². The highest BCUT2D eigenvalue weighted by Gasteiger charge is 2.29. The quantitative estimate of drug-likeness (QED) is 0.786. The predicted molar refractivity (Wildman–Crippen MR) is 97.7 cm³/mol. The Morgan fingerprint density at radius 3 is 2.96 bits per heavy atom. The van der Waals surface area contributed by atoms with Crippen LogP contribution in [0.5, 0.6) is 5.75 Å². The van der Waals surface area contributed by atoms with Crippen molar-refractivity contribution in [1.29, 1.82) is 0 Å². The first-order valence-corrected chi connectivity index (χ1v) is 8.72. The zero-order valence-electron chi connectivity index (χ0n) is 15.0. The Morgan fingerprint density at radius 2 is 2.27 bits per heavy atom. The molecular weight excluding hydrogens is 334 g/mol. The second-order valence-corrected chi connectivity index (χ2v) is 6.47. The number of hydrogen-bond donors (Lipinski definition) is 2. The van der Waals surface area contributed by atoms with Crippen molar-refractivity contribution in [1.82, 2.24) is 9.97 Å². The summed E-state index contributed by atoms with van der Waals surface area (Å²) in [4.78, 5) is 20.2. The summed E-state index contributed by atoms with van der Waals surface area (Å²) >= 11 is 0. The number of carboxylic acids is 1. The highest BCUT2D eigenvalue weighted by molar-refractivity contribution is 5.92. The van der Waals surface area contributed by atoms with Crippen LogP contribution in [0.2, 0.25) is 0 Å². The van der Waals surface area contributed by atoms with Gasteiger partial charge in [0.05, 0.1) is 17.9 Å². The van der Waals surface area contributed by atoms with Gasteiger partial charge in [0.2, 0.25) is 5.95 Å². The molecule has 2 heterocycles. The van der Waals surface area contributed by atoms with Gasteiger partial charge in [0, 0.05) is 24.9 Å². The molecule has 0 saturated carbocycles. The SMILES string of the molecule is CCOc1ccc(-c2ccnc(NCC3(C)CCCO3)n2)cc1C(=O)O. The van der Waals surface area contributed by atoms with Gasteiger partial charge in [0.15, 0.2) is 0 Å². The third kappa shape index (κ3) is 4.11. The van der Waals surface area contributed by atoms with E-state index in [2.05, 4.69) is 22.2 Å². The van der Waals surface area contributed by atoms with Crippen LogP contribution in [0.1, 0.15) is 37.0 Å². The second kappa shape index (κ2) is 7.70. The Bertz CT molecular complexity index is 788. The number of carboxylic acid groups (broad SMARTS) is 1. The van der Waals surface area contributed by atoms with Gasteiger partial charge in [-0.1, -0.05) is 0 Å². The average Bonchev–Trinajstić information content (AvgIpc) is 3.08. The number of nitrogens with zero attached hydrogens (tertiary/aromatic N) is 2. The van der Waals surface area contributed by atoms with Crippen molar-refractivity contribution in [3.63, 3.8) is 0 Å². The van der Waals surface area contributed by atoms with E-state index in [0.717, 1.165) is 19.4 Å². The van der Waals surface area contributed by atoms with Crippen LogP contribution in [0, 0.1) is 0 Å². The summed E-state index contributed by atoms with van der Waals surface area (Å²) in [5.41, 5.74) is 1.25. The number of aromatic nitrogens is 2. The maximum absolute atomic E-state index is 11.5. The van der Waals surface area contributed by atoms with E-state index in [4.69, 9.17) is 9.47 Å². The molecular formula is C19H23N3O4. The van der Waals surface area contributed by atoms with E-state index >= 15 is 0 Å². The van der Waals surface area contributed by atoms with E-state index in [1.54, 1.807) is 30.5 Å². The predicted octanol–water partition coefficient (Wildman–Crippen LogP) is 3.22. The Labute approximate surface area is 152 Å². The molecule has 1 aromatic heterocycles. The van der Waals surface area contributed by atoms with E-state index in [1.807, 2.05) is 6.92 Å². The number of aromatic carboxylic acids is 1. The molecule has 1 aliphatic rings. The lowest BCUT2D eigenvalue weighted by Crippen LogP contribution is -2.33. The number of rotatable bonds is 7. The molecule has 3 rings (SSSR count). The molecule has 0 amide bonds. The Kier molecular flexibility index (Phi) is 5.37. The van der Waals surface area contributed by atoms with Crippen molar-refractivity contribution in [3.8, 4) is 17.0 Å². The van der Waals surface area contributed by atoms with E-state index in [0.29, 0.717) is 36.1 Å². The third-order valence-corrected chi connectivity index (χ3v) is 4.38. The van der Waals surface area contributed by atoms with Crippen LogP contribution in [0.15, 0.2) is 30.5 Å². The third-order valence-electron chi connectivity index (χ3n) is 4.38. The van der Waals surface area contributed by atoms with Crippen molar-refractivity contribution in [2.45, 2.75) is 32.3 Å². The molecule has 1 aromatic carbocycles. The van der Waals surface area contributed by atoms with Crippen molar-refractivity contribution in [3.05, 3.63) is 36.0 Å². The molecule has 1 saturated heterocycles. The fourth-order valence-electron chi connectivity index (χ4n) is 2.98. The lowest BCUT2D eigenvalue weighted by molar-refractivity contribution is 0.0314. The first-order chi connectivity index (χ1) is 12.5. The van der Waals surface area contributed by atoms with Crippen molar-refractivity contribution in [2.75, 3.05) is 25.1 Å². The van der Waals surface area contributed by atoms with Gasteiger partial charge in [-0.25, -0.2) is 14.8 Å². The summed E-state index contributed by atoms with van der Waals surface area (Å²) in [6, 6.07) is 6.77. The molecule has 0 aliphatic carbocycles. The topological polar surface area (TPSA) is 93.6 Å². The van der Waals surface area contributed by atoms with Gasteiger partial charge < -0.3 is 19.9 Å². The molecule has 0 bridgehead atoms. The first-order valence-electron chi connectivity index (χ1n) is 8.72. The van der Waals surface area contributed by atoms with Crippen LogP contribution in [-0.2, 0) is 4.74 Å². The summed E-state index contributed by atoms with van der Waals surface area (Å²) in [5, 5.41) is 12.6. The first kappa shape index (κ1) is 18.1. The van der Waals surface area contributed by atoms with Crippen molar-refractivity contribution in [2.24, 2.45) is 0 Å². The van der Waals surface area contributed by atoms with Gasteiger partial charge in [-0.05, 0) is 51.0 Å². The molecule has 138 valence electrons. The van der Waals surface area contributed by atoms with Crippen LogP contribution in [-0.4, -0.2) is 46.4 Å². The summed E-state index contributed by atoms with van der Waals surface area (Å²) in [5.74, 6) is -0.193. The van der Waals surface area contributed by atoms with Gasteiger partial charge in [0.25, 0.3) is 0 Å². The Hall–Kier alpha value is -2.67. The Balaban J connectivity index is 1.81. The molecule has 1 unspecified atom stereocenters. The normalized spacial score (nSPS) is 19.3. The van der Waals surface area contributed by atoms with Crippen LogP contribution < -0.4 is 10.1 Å². The molecule has 1 fully saturated rings. The lowest BCUT2D eigenvalue weighted by Gasteiger charge is -2.23. The second-order valence-electron chi connectivity index (χ2n) is 6.47. The molecule has 26 heavy (non-hydrogen) atoms. The number of anilines is 1. The summed E-state index contributed by atoms with van der Waals surface area (Å²) in [6.45, 7) is 5.70. The molecule has 7 heteroatoms. The van der Waals surface area contributed by atoms with Crippen LogP contribution >= 0.6 is 0 Å². The number of ether oxygens (including phenoxy) is 2. The number of carbonyl (C=O) groups is 1. The van der Waals surface area contributed by atoms with Gasteiger partial charge in [-0.3, -0.25) is 0 Å².